The lowest BCUT2D eigenvalue weighted by Gasteiger charge is -2.23. The van der Waals surface area contributed by atoms with Crippen molar-refractivity contribution in [1.82, 2.24) is 10.2 Å². The van der Waals surface area contributed by atoms with Crippen molar-refractivity contribution >= 4 is 11.9 Å². The summed E-state index contributed by atoms with van der Waals surface area (Å²) in [6, 6.07) is 8.30. The van der Waals surface area contributed by atoms with Gasteiger partial charge >= 0.3 is 5.97 Å². The zero-order chi connectivity index (χ0) is 16.5. The van der Waals surface area contributed by atoms with Crippen LogP contribution in [0.25, 0.3) is 0 Å². The smallest absolute Gasteiger partial charge is 0.310 e. The van der Waals surface area contributed by atoms with E-state index in [1.807, 2.05) is 33.0 Å². The van der Waals surface area contributed by atoms with Crippen LogP contribution in [0.2, 0.25) is 0 Å². The van der Waals surface area contributed by atoms with E-state index in [4.69, 9.17) is 4.74 Å². The number of nitrogens with zero attached hydrogens (tertiary/aromatic N) is 2. The molecule has 0 aliphatic heterocycles. The minimum atomic E-state index is -0.245. The summed E-state index contributed by atoms with van der Waals surface area (Å²) in [5, 5.41) is 3.26. The molecule has 0 amide bonds. The van der Waals surface area contributed by atoms with E-state index < -0.39 is 0 Å². The molecule has 0 heterocycles. The molecule has 1 unspecified atom stereocenters. The second kappa shape index (κ2) is 9.07. The Bertz CT molecular complexity index is 514. The predicted molar refractivity (Wildman–Crippen MR) is 89.8 cm³/mol. The van der Waals surface area contributed by atoms with E-state index in [0.29, 0.717) is 6.54 Å². The van der Waals surface area contributed by atoms with Crippen LogP contribution >= 0.6 is 0 Å². The number of ether oxygens (including phenoxy) is 1. The molecule has 1 rings (SSSR count). The highest BCUT2D eigenvalue weighted by molar-refractivity contribution is 5.80. The second-order valence-corrected chi connectivity index (χ2v) is 5.40. The van der Waals surface area contributed by atoms with Gasteiger partial charge in [-0.1, -0.05) is 31.2 Å². The molecule has 5 nitrogen and oxygen atoms in total. The number of rotatable bonds is 6. The molecule has 0 radical (unpaired) electrons. The number of aliphatic imine (C=N–C) groups is 1. The fourth-order valence-corrected chi connectivity index (χ4v) is 2.09. The average Bonchev–Trinajstić information content (AvgIpc) is 2.52. The van der Waals surface area contributed by atoms with Crippen molar-refractivity contribution in [1.29, 1.82) is 0 Å². The molecule has 0 aromatic heterocycles. The van der Waals surface area contributed by atoms with Gasteiger partial charge in [-0.2, -0.15) is 0 Å². The Morgan fingerprint density at radius 1 is 1.41 bits per heavy atom. The van der Waals surface area contributed by atoms with Crippen molar-refractivity contribution in [2.75, 3.05) is 27.2 Å². The minimum absolute atomic E-state index is 0.235. The van der Waals surface area contributed by atoms with E-state index in [0.717, 1.165) is 19.0 Å². The maximum Gasteiger partial charge on any atom is 0.310 e. The Labute approximate surface area is 133 Å². The van der Waals surface area contributed by atoms with E-state index in [1.54, 1.807) is 0 Å². The van der Waals surface area contributed by atoms with Crippen molar-refractivity contribution < 1.29 is 9.53 Å². The Balaban J connectivity index is 2.76. The Morgan fingerprint density at radius 2 is 2.09 bits per heavy atom. The van der Waals surface area contributed by atoms with Crippen LogP contribution < -0.4 is 5.32 Å². The van der Waals surface area contributed by atoms with E-state index >= 15 is 0 Å². The molecule has 1 atom stereocenters. The van der Waals surface area contributed by atoms with Crippen LogP contribution in [0.3, 0.4) is 0 Å². The fourth-order valence-electron chi connectivity index (χ4n) is 2.09. The van der Waals surface area contributed by atoms with Crippen LogP contribution in [0.15, 0.2) is 29.3 Å². The Kier molecular flexibility index (Phi) is 7.43. The third-order valence-corrected chi connectivity index (χ3v) is 3.48. The number of guanidine groups is 1. The SMILES string of the molecule is CCNC(=NCC(C)C(=O)OC)N(C)Cc1ccccc1C. The molecule has 5 heteroatoms. The second-order valence-electron chi connectivity index (χ2n) is 5.40. The minimum Gasteiger partial charge on any atom is -0.469 e. The summed E-state index contributed by atoms with van der Waals surface area (Å²) < 4.78 is 4.73. The zero-order valence-electron chi connectivity index (χ0n) is 14.2. The van der Waals surface area contributed by atoms with E-state index in [1.165, 1.54) is 18.2 Å². The number of aryl methyl sites for hydroxylation is 1. The van der Waals surface area contributed by atoms with Crippen molar-refractivity contribution in [2.24, 2.45) is 10.9 Å². The third-order valence-electron chi connectivity index (χ3n) is 3.48. The van der Waals surface area contributed by atoms with Crippen LogP contribution in [0.1, 0.15) is 25.0 Å². The first-order valence-corrected chi connectivity index (χ1v) is 7.61. The number of carbonyl (C=O) groups is 1. The Morgan fingerprint density at radius 3 is 2.68 bits per heavy atom. The van der Waals surface area contributed by atoms with Crippen molar-refractivity contribution in [2.45, 2.75) is 27.3 Å². The lowest BCUT2D eigenvalue weighted by molar-refractivity contribution is -0.144. The van der Waals surface area contributed by atoms with Crippen LogP contribution in [0.4, 0.5) is 0 Å². The van der Waals surface area contributed by atoms with Gasteiger partial charge in [0.25, 0.3) is 0 Å². The quantitative estimate of drug-likeness (QED) is 0.497. The molecule has 1 N–H and O–H groups in total. The summed E-state index contributed by atoms with van der Waals surface area (Å²) in [5.41, 5.74) is 2.52. The van der Waals surface area contributed by atoms with E-state index in [9.17, 15) is 4.79 Å². The van der Waals surface area contributed by atoms with E-state index in [-0.39, 0.29) is 11.9 Å². The Hall–Kier alpha value is -2.04. The normalized spacial score (nSPS) is 12.7. The first-order valence-electron chi connectivity index (χ1n) is 7.61. The first kappa shape index (κ1) is 18.0. The number of benzene rings is 1. The van der Waals surface area contributed by atoms with Crippen molar-refractivity contribution in [3.63, 3.8) is 0 Å². The van der Waals surface area contributed by atoms with Gasteiger partial charge in [0.1, 0.15) is 0 Å². The lowest BCUT2D eigenvalue weighted by atomic mass is 10.1. The van der Waals surface area contributed by atoms with Gasteiger partial charge in [-0.15, -0.1) is 0 Å². The molecular formula is C17H27N3O2. The van der Waals surface area contributed by atoms with Crippen LogP contribution in [0, 0.1) is 12.8 Å². The maximum atomic E-state index is 11.5. The maximum absolute atomic E-state index is 11.5. The van der Waals surface area contributed by atoms with Gasteiger partial charge in [0.05, 0.1) is 19.6 Å². The van der Waals surface area contributed by atoms with Gasteiger partial charge in [-0.25, -0.2) is 0 Å². The highest BCUT2D eigenvalue weighted by Gasteiger charge is 2.14. The number of nitrogens with one attached hydrogen (secondary N) is 1. The monoisotopic (exact) mass is 305 g/mol. The molecule has 1 aromatic rings. The molecule has 0 bridgehead atoms. The molecular weight excluding hydrogens is 278 g/mol. The van der Waals surface area contributed by atoms with Crippen LogP contribution in [0.5, 0.6) is 0 Å². The molecule has 0 saturated heterocycles. The lowest BCUT2D eigenvalue weighted by Crippen LogP contribution is -2.39. The highest BCUT2D eigenvalue weighted by Crippen LogP contribution is 2.10. The zero-order valence-corrected chi connectivity index (χ0v) is 14.2. The van der Waals surface area contributed by atoms with Crippen LogP contribution in [-0.4, -0.2) is 44.1 Å². The largest absolute Gasteiger partial charge is 0.469 e. The molecule has 0 aliphatic carbocycles. The summed E-state index contributed by atoms with van der Waals surface area (Å²) in [4.78, 5) is 18.1. The predicted octanol–water partition coefficient (Wildman–Crippen LogP) is 2.20. The number of hydrogen-bond acceptors (Lipinski definition) is 3. The average molecular weight is 305 g/mol. The summed E-state index contributed by atoms with van der Waals surface area (Å²) in [7, 11) is 3.40. The topological polar surface area (TPSA) is 53.9 Å². The standard InChI is InChI=1S/C17H27N3O2/c1-6-18-17(19-11-14(3)16(21)22-5)20(4)12-15-10-8-7-9-13(15)2/h7-10,14H,6,11-12H2,1-5H3,(H,18,19). The summed E-state index contributed by atoms with van der Waals surface area (Å²) in [6.45, 7) is 7.91. The highest BCUT2D eigenvalue weighted by atomic mass is 16.5. The number of carbonyl (C=O) groups excluding carboxylic acids is 1. The van der Waals surface area contributed by atoms with Crippen molar-refractivity contribution in [3.05, 3.63) is 35.4 Å². The fraction of sp³-hybridized carbons (Fsp3) is 0.529. The number of esters is 1. The molecule has 0 aliphatic rings. The van der Waals surface area contributed by atoms with Crippen molar-refractivity contribution in [3.8, 4) is 0 Å². The summed E-state index contributed by atoms with van der Waals surface area (Å²) in [6.07, 6.45) is 0. The third kappa shape index (κ3) is 5.39. The molecule has 0 spiro atoms. The van der Waals surface area contributed by atoms with E-state index in [2.05, 4.69) is 34.3 Å². The van der Waals surface area contributed by atoms with Gasteiger partial charge in [0, 0.05) is 20.1 Å². The van der Waals surface area contributed by atoms with Gasteiger partial charge in [0.15, 0.2) is 5.96 Å². The van der Waals surface area contributed by atoms with Gasteiger partial charge < -0.3 is 15.0 Å². The molecule has 22 heavy (non-hydrogen) atoms. The number of hydrogen-bond donors (Lipinski definition) is 1. The van der Waals surface area contributed by atoms with Gasteiger partial charge in [0.2, 0.25) is 0 Å². The molecule has 1 aromatic carbocycles. The summed E-state index contributed by atoms with van der Waals surface area (Å²) in [5.74, 6) is 0.313. The number of methoxy groups -OCH3 is 1. The molecule has 0 fully saturated rings. The molecule has 0 saturated carbocycles. The molecule has 122 valence electrons. The van der Waals surface area contributed by atoms with Gasteiger partial charge in [-0.05, 0) is 25.0 Å². The van der Waals surface area contributed by atoms with Gasteiger partial charge in [-0.3, -0.25) is 9.79 Å². The summed E-state index contributed by atoms with van der Waals surface area (Å²) >= 11 is 0. The van der Waals surface area contributed by atoms with Crippen LogP contribution in [-0.2, 0) is 16.1 Å². The first-order chi connectivity index (χ1) is 10.5.